The summed E-state index contributed by atoms with van der Waals surface area (Å²) in [6.07, 6.45) is 0.964. The first-order valence-electron chi connectivity index (χ1n) is 9.63. The minimum atomic E-state index is -1.05. The lowest BCUT2D eigenvalue weighted by Gasteiger charge is -2.28. The summed E-state index contributed by atoms with van der Waals surface area (Å²) in [5, 5.41) is 22.1. The predicted molar refractivity (Wildman–Crippen MR) is 132 cm³/mol. The van der Waals surface area contributed by atoms with E-state index in [0.717, 1.165) is 10.5 Å². The molecule has 32 heavy (non-hydrogen) atoms. The number of carbonyl (C=O) groups excluding carboxylic acids is 1. The van der Waals surface area contributed by atoms with Gasteiger partial charge in [0.25, 0.3) is 0 Å². The monoisotopic (exact) mass is 633 g/mol. The molecule has 0 heterocycles. The molecule has 2 rings (SSSR count). The van der Waals surface area contributed by atoms with Crippen LogP contribution in [0.25, 0.3) is 0 Å². The number of carboxylic acid groups (broad SMARTS) is 1. The summed E-state index contributed by atoms with van der Waals surface area (Å²) in [6, 6.07) is 10.3. The Hall–Kier alpha value is -1.88. The Bertz CT molecular complexity index is 965. The van der Waals surface area contributed by atoms with Crippen molar-refractivity contribution in [3.8, 4) is 5.75 Å². The van der Waals surface area contributed by atoms with E-state index >= 15 is 0 Å². The van der Waals surface area contributed by atoms with E-state index in [1.165, 1.54) is 6.08 Å². The second-order valence-electron chi connectivity index (χ2n) is 6.59. The Balaban J connectivity index is 2.33. The highest BCUT2D eigenvalue weighted by Gasteiger charge is 2.31. The van der Waals surface area contributed by atoms with Crippen LogP contribution in [0.2, 0.25) is 0 Å². The first kappa shape index (κ1) is 26.4. The number of phenolic OH excluding ortho intramolecular Hbond substituents is 1. The predicted octanol–water partition coefficient (Wildman–Crippen LogP) is 6.80. The van der Waals surface area contributed by atoms with Crippen molar-refractivity contribution in [2.45, 2.75) is 32.0 Å². The maximum atomic E-state index is 12.7. The number of ether oxygens (including phenoxy) is 2. The van der Waals surface area contributed by atoms with Crippen LogP contribution in [0.5, 0.6) is 5.75 Å². The van der Waals surface area contributed by atoms with Crippen molar-refractivity contribution in [2.75, 3.05) is 11.9 Å². The Kier molecular flexibility index (Phi) is 10.7. The van der Waals surface area contributed by atoms with Gasteiger partial charge in [-0.3, -0.25) is 5.32 Å². The van der Waals surface area contributed by atoms with Crippen LogP contribution >= 0.6 is 47.8 Å². The van der Waals surface area contributed by atoms with Crippen molar-refractivity contribution in [1.29, 1.82) is 0 Å². The van der Waals surface area contributed by atoms with Gasteiger partial charge in [0.15, 0.2) is 6.10 Å². The van der Waals surface area contributed by atoms with E-state index in [2.05, 4.69) is 53.1 Å². The molecule has 0 bridgehead atoms. The third-order valence-electron chi connectivity index (χ3n) is 4.29. The average molecular weight is 636 g/mol. The number of carbonyl (C=O) groups is 2. The summed E-state index contributed by atoms with van der Waals surface area (Å²) in [4.78, 5) is 23.4. The minimum Gasteiger partial charge on any atom is -0.506 e. The van der Waals surface area contributed by atoms with Gasteiger partial charge in [-0.25, -0.2) is 9.59 Å². The lowest BCUT2D eigenvalue weighted by atomic mass is 9.99. The third-order valence-corrected chi connectivity index (χ3v) is 5.88. The number of aromatic hydroxyl groups is 1. The Labute approximate surface area is 211 Å². The number of phenols is 1. The molecule has 1 amide bonds. The van der Waals surface area contributed by atoms with Gasteiger partial charge < -0.3 is 19.7 Å². The maximum absolute atomic E-state index is 12.7. The molecule has 0 aliphatic rings. The molecule has 3 N–H and O–H groups in total. The number of halogens is 3. The molecule has 2 aromatic carbocycles. The molecular formula is C22H22Br3NO6. The van der Waals surface area contributed by atoms with Crippen molar-refractivity contribution in [3.63, 3.8) is 0 Å². The van der Waals surface area contributed by atoms with Crippen LogP contribution in [0.3, 0.4) is 0 Å². The fourth-order valence-corrected chi connectivity index (χ4v) is 4.44. The van der Waals surface area contributed by atoms with Crippen LogP contribution in [0.15, 0.2) is 62.0 Å². The molecule has 0 aliphatic carbocycles. The first-order valence-corrected chi connectivity index (χ1v) is 12.0. The fourth-order valence-electron chi connectivity index (χ4n) is 2.92. The van der Waals surface area contributed by atoms with E-state index in [9.17, 15) is 14.7 Å². The third kappa shape index (κ3) is 8.23. The molecule has 0 saturated carbocycles. The SMILES string of the molecule is CCO[C@@H](CC/C=C/C(=O)O)[C@@H](OC(=O)Nc1ccc(Br)cc1)c1cc(Br)cc(Br)c1O. The molecule has 2 aromatic rings. The van der Waals surface area contributed by atoms with E-state index in [1.807, 2.05) is 0 Å². The van der Waals surface area contributed by atoms with Gasteiger partial charge in [-0.05, 0) is 72.1 Å². The normalized spacial score (nSPS) is 13.0. The van der Waals surface area contributed by atoms with Crippen molar-refractivity contribution in [1.82, 2.24) is 0 Å². The zero-order valence-corrected chi connectivity index (χ0v) is 21.8. The average Bonchev–Trinajstić information content (AvgIpc) is 2.73. The summed E-state index contributed by atoms with van der Waals surface area (Å²) in [5.74, 6) is -1.13. The number of carboxylic acids is 1. The number of aliphatic carboxylic acids is 1. The number of rotatable bonds is 10. The van der Waals surface area contributed by atoms with Crippen LogP contribution in [0.4, 0.5) is 10.5 Å². The number of hydrogen-bond acceptors (Lipinski definition) is 5. The van der Waals surface area contributed by atoms with E-state index < -0.39 is 24.3 Å². The van der Waals surface area contributed by atoms with Gasteiger partial charge in [-0.1, -0.05) is 37.9 Å². The summed E-state index contributed by atoms with van der Waals surface area (Å²) < 4.78 is 13.5. The number of anilines is 1. The summed E-state index contributed by atoms with van der Waals surface area (Å²) >= 11 is 10.0. The van der Waals surface area contributed by atoms with Gasteiger partial charge in [0.05, 0.1) is 10.6 Å². The van der Waals surface area contributed by atoms with Gasteiger partial charge >= 0.3 is 12.1 Å². The second-order valence-corrected chi connectivity index (χ2v) is 9.28. The van der Waals surface area contributed by atoms with Crippen LogP contribution in [0, 0.1) is 0 Å². The number of allylic oxidation sites excluding steroid dienone is 1. The van der Waals surface area contributed by atoms with Crippen LogP contribution < -0.4 is 5.32 Å². The smallest absolute Gasteiger partial charge is 0.412 e. The van der Waals surface area contributed by atoms with E-state index in [0.29, 0.717) is 39.6 Å². The van der Waals surface area contributed by atoms with Crippen LogP contribution in [-0.2, 0) is 14.3 Å². The Morgan fingerprint density at radius 2 is 1.81 bits per heavy atom. The zero-order valence-electron chi connectivity index (χ0n) is 17.1. The van der Waals surface area contributed by atoms with E-state index in [4.69, 9.17) is 14.6 Å². The molecule has 0 unspecified atom stereocenters. The highest BCUT2D eigenvalue weighted by molar-refractivity contribution is 9.11. The van der Waals surface area contributed by atoms with Gasteiger partial charge in [0.1, 0.15) is 5.75 Å². The summed E-state index contributed by atoms with van der Waals surface area (Å²) in [7, 11) is 0. The largest absolute Gasteiger partial charge is 0.506 e. The number of nitrogens with one attached hydrogen (secondary N) is 1. The lowest BCUT2D eigenvalue weighted by Crippen LogP contribution is -2.29. The number of amides is 1. The summed E-state index contributed by atoms with van der Waals surface area (Å²) in [6.45, 7) is 2.13. The molecule has 2 atom stereocenters. The molecule has 0 aromatic heterocycles. The molecular weight excluding hydrogens is 614 g/mol. The topological polar surface area (TPSA) is 105 Å². The molecule has 0 fully saturated rings. The first-order chi connectivity index (χ1) is 15.2. The molecule has 10 heteroatoms. The van der Waals surface area contributed by atoms with Crippen molar-refractivity contribution in [2.24, 2.45) is 0 Å². The van der Waals surface area contributed by atoms with Crippen LogP contribution in [-0.4, -0.2) is 35.0 Å². The Morgan fingerprint density at radius 3 is 2.44 bits per heavy atom. The van der Waals surface area contributed by atoms with E-state index in [-0.39, 0.29) is 5.75 Å². The standard InChI is InChI=1S/C22H22Br3NO6/c1-2-31-18(5-3-4-6-19(27)28)21(16-11-14(24)12-17(25)20(16)29)32-22(30)26-15-9-7-13(23)8-10-15/h4,6-12,18,21,29H,2-3,5H2,1H3,(H,26,30)(H,27,28)/b6-4+/t18-,21-/m0/s1. The highest BCUT2D eigenvalue weighted by atomic mass is 79.9. The fraction of sp³-hybridized carbons (Fsp3) is 0.273. The molecule has 0 radical (unpaired) electrons. The van der Waals surface area contributed by atoms with E-state index in [1.54, 1.807) is 43.3 Å². The molecule has 0 spiro atoms. The van der Waals surface area contributed by atoms with Crippen LogP contribution in [0.1, 0.15) is 31.4 Å². The van der Waals surface area contributed by atoms with Gasteiger partial charge in [-0.15, -0.1) is 0 Å². The maximum Gasteiger partial charge on any atom is 0.412 e. The van der Waals surface area contributed by atoms with Crippen molar-refractivity contribution in [3.05, 3.63) is 67.5 Å². The van der Waals surface area contributed by atoms with Gasteiger partial charge in [-0.2, -0.15) is 0 Å². The quantitative estimate of drug-likeness (QED) is 0.248. The van der Waals surface area contributed by atoms with Gasteiger partial charge in [0.2, 0.25) is 0 Å². The molecule has 0 saturated heterocycles. The molecule has 7 nitrogen and oxygen atoms in total. The highest BCUT2D eigenvalue weighted by Crippen LogP contribution is 2.39. The zero-order chi connectivity index (χ0) is 23.7. The number of benzene rings is 2. The van der Waals surface area contributed by atoms with Crippen molar-refractivity contribution >= 4 is 65.5 Å². The molecule has 172 valence electrons. The summed E-state index contributed by atoms with van der Waals surface area (Å²) in [5.41, 5.74) is 0.881. The van der Waals surface area contributed by atoms with Crippen molar-refractivity contribution < 1.29 is 29.3 Å². The lowest BCUT2D eigenvalue weighted by molar-refractivity contribution is -0.131. The second kappa shape index (κ2) is 13.0. The van der Waals surface area contributed by atoms with Gasteiger partial charge in [0, 0.05) is 32.9 Å². The molecule has 0 aliphatic heterocycles. The Morgan fingerprint density at radius 1 is 1.12 bits per heavy atom. The number of hydrogen-bond donors (Lipinski definition) is 3. The minimum absolute atomic E-state index is 0.0829.